The average molecular weight is 388 g/mol. The third-order valence-electron chi connectivity index (χ3n) is 4.79. The van der Waals surface area contributed by atoms with Crippen LogP contribution in [0.15, 0.2) is 60.7 Å². The van der Waals surface area contributed by atoms with Crippen molar-refractivity contribution in [1.82, 2.24) is 9.97 Å². The van der Waals surface area contributed by atoms with Crippen LogP contribution in [0.2, 0.25) is 0 Å². The molecule has 6 nitrogen and oxygen atoms in total. The number of rotatable bonds is 4. The van der Waals surface area contributed by atoms with Crippen molar-refractivity contribution >= 4 is 11.9 Å². The van der Waals surface area contributed by atoms with E-state index in [9.17, 15) is 4.79 Å². The largest absolute Gasteiger partial charge is 0.496 e. The number of fused-ring (bicyclic) bond motifs is 1. The van der Waals surface area contributed by atoms with Crippen LogP contribution < -0.4 is 14.2 Å². The Morgan fingerprint density at radius 3 is 2.45 bits per heavy atom. The summed E-state index contributed by atoms with van der Waals surface area (Å²) in [6, 6.07) is 11.3. The van der Waals surface area contributed by atoms with E-state index in [4.69, 9.17) is 14.2 Å². The molecule has 0 aliphatic carbocycles. The van der Waals surface area contributed by atoms with Crippen LogP contribution in [0.5, 0.6) is 17.2 Å². The smallest absolute Gasteiger partial charge is 0.196 e. The van der Waals surface area contributed by atoms with E-state index in [1.54, 1.807) is 31.6 Å². The zero-order valence-corrected chi connectivity index (χ0v) is 16.2. The second kappa shape index (κ2) is 8.14. The Morgan fingerprint density at radius 1 is 1.00 bits per heavy atom. The highest BCUT2D eigenvalue weighted by atomic mass is 16.5. The molecule has 1 aliphatic rings. The Bertz CT molecular complexity index is 1060. The Labute approximate surface area is 168 Å². The molecule has 0 radical (unpaired) electrons. The standard InChI is InChI=1S/C23H20N2O4/c1-27-19-10-20(28-2)22-21(11-19)29-8-7-17(23(22)26)9-15-3-5-16(6-4-15)18-12-24-14-25-13-18/h3-6,9-14H,7-8H2,1-2H3/b17-9+. The number of hydrogen-bond acceptors (Lipinski definition) is 6. The molecule has 2 heterocycles. The molecule has 0 bridgehead atoms. The molecular weight excluding hydrogens is 368 g/mol. The van der Waals surface area contributed by atoms with Crippen LogP contribution in [0.4, 0.5) is 0 Å². The quantitative estimate of drug-likeness (QED) is 0.624. The SMILES string of the molecule is COc1cc(OC)c2c(c1)OCC/C(=C\c1ccc(-c3cncnc3)cc1)C2=O. The summed E-state index contributed by atoms with van der Waals surface area (Å²) in [5.41, 5.74) is 3.99. The lowest BCUT2D eigenvalue weighted by molar-refractivity contribution is 0.103. The zero-order chi connectivity index (χ0) is 20.2. The van der Waals surface area contributed by atoms with Crippen LogP contribution >= 0.6 is 0 Å². The molecule has 3 aromatic rings. The molecule has 0 N–H and O–H groups in total. The van der Waals surface area contributed by atoms with Gasteiger partial charge in [-0.1, -0.05) is 24.3 Å². The van der Waals surface area contributed by atoms with Gasteiger partial charge in [0.05, 0.1) is 20.8 Å². The maximum atomic E-state index is 13.2. The lowest BCUT2D eigenvalue weighted by Crippen LogP contribution is -2.05. The highest BCUT2D eigenvalue weighted by Gasteiger charge is 2.26. The molecule has 0 saturated heterocycles. The van der Waals surface area contributed by atoms with Crippen molar-refractivity contribution in [1.29, 1.82) is 0 Å². The van der Waals surface area contributed by atoms with Crippen molar-refractivity contribution in [3.05, 3.63) is 71.8 Å². The number of carbonyl (C=O) groups is 1. The summed E-state index contributed by atoms with van der Waals surface area (Å²) in [5.74, 6) is 1.41. The number of ether oxygens (including phenoxy) is 3. The first-order chi connectivity index (χ1) is 14.2. The summed E-state index contributed by atoms with van der Waals surface area (Å²) in [7, 11) is 3.10. The fourth-order valence-corrected chi connectivity index (χ4v) is 3.29. The van der Waals surface area contributed by atoms with Crippen molar-refractivity contribution in [3.63, 3.8) is 0 Å². The number of ketones is 1. The molecule has 6 heteroatoms. The molecule has 1 aromatic heterocycles. The molecule has 0 atom stereocenters. The van der Waals surface area contributed by atoms with Gasteiger partial charge >= 0.3 is 0 Å². The van der Waals surface area contributed by atoms with Gasteiger partial charge in [-0.05, 0) is 17.2 Å². The average Bonchev–Trinajstić information content (AvgIpc) is 2.93. The highest BCUT2D eigenvalue weighted by Crippen LogP contribution is 2.38. The maximum Gasteiger partial charge on any atom is 0.196 e. The molecule has 0 saturated carbocycles. The lowest BCUT2D eigenvalue weighted by Gasteiger charge is -2.12. The Morgan fingerprint density at radius 2 is 1.76 bits per heavy atom. The van der Waals surface area contributed by atoms with Gasteiger partial charge < -0.3 is 14.2 Å². The predicted octanol–water partition coefficient (Wildman–Crippen LogP) is 4.21. The molecule has 4 rings (SSSR count). The van der Waals surface area contributed by atoms with Crippen LogP contribution in [0.1, 0.15) is 22.3 Å². The third-order valence-corrected chi connectivity index (χ3v) is 4.79. The van der Waals surface area contributed by atoms with Crippen LogP contribution in [0, 0.1) is 0 Å². The van der Waals surface area contributed by atoms with Crippen molar-refractivity contribution in [3.8, 4) is 28.4 Å². The maximum absolute atomic E-state index is 13.2. The Balaban J connectivity index is 1.67. The second-order valence-electron chi connectivity index (χ2n) is 6.55. The number of nitrogens with zero attached hydrogens (tertiary/aromatic N) is 2. The molecule has 0 amide bonds. The number of carbonyl (C=O) groups excluding carboxylic acids is 1. The van der Waals surface area contributed by atoms with Gasteiger partial charge in [0.15, 0.2) is 5.78 Å². The highest BCUT2D eigenvalue weighted by molar-refractivity contribution is 6.15. The molecule has 29 heavy (non-hydrogen) atoms. The van der Waals surface area contributed by atoms with E-state index in [2.05, 4.69) is 9.97 Å². The fourth-order valence-electron chi connectivity index (χ4n) is 3.29. The van der Waals surface area contributed by atoms with Crippen LogP contribution in [0.25, 0.3) is 17.2 Å². The summed E-state index contributed by atoms with van der Waals surface area (Å²) < 4.78 is 16.5. The minimum Gasteiger partial charge on any atom is -0.496 e. The lowest BCUT2D eigenvalue weighted by atomic mass is 9.97. The third kappa shape index (κ3) is 3.82. The summed E-state index contributed by atoms with van der Waals surface area (Å²) >= 11 is 0. The molecule has 0 spiro atoms. The fraction of sp³-hybridized carbons (Fsp3) is 0.174. The van der Waals surface area contributed by atoms with Crippen molar-refractivity contribution in [2.75, 3.05) is 20.8 Å². The van der Waals surface area contributed by atoms with Crippen LogP contribution in [-0.2, 0) is 0 Å². The van der Waals surface area contributed by atoms with E-state index in [1.165, 1.54) is 13.4 Å². The van der Waals surface area contributed by atoms with E-state index in [0.717, 1.165) is 16.7 Å². The zero-order valence-electron chi connectivity index (χ0n) is 16.2. The number of methoxy groups -OCH3 is 2. The van der Waals surface area contributed by atoms with E-state index in [1.807, 2.05) is 30.3 Å². The second-order valence-corrected chi connectivity index (χ2v) is 6.55. The summed E-state index contributed by atoms with van der Waals surface area (Å²) in [5, 5.41) is 0. The van der Waals surface area contributed by atoms with Gasteiger partial charge in [-0.3, -0.25) is 4.79 Å². The molecule has 0 unspecified atom stereocenters. The molecule has 1 aliphatic heterocycles. The summed E-state index contributed by atoms with van der Waals surface area (Å²) in [6.07, 6.45) is 7.45. The van der Waals surface area contributed by atoms with Gasteiger partial charge in [0.2, 0.25) is 0 Å². The number of hydrogen-bond donors (Lipinski definition) is 0. The van der Waals surface area contributed by atoms with Gasteiger partial charge in [0.25, 0.3) is 0 Å². The van der Waals surface area contributed by atoms with E-state index < -0.39 is 0 Å². The first-order valence-corrected chi connectivity index (χ1v) is 9.19. The minimum atomic E-state index is -0.0995. The van der Waals surface area contributed by atoms with E-state index in [0.29, 0.717) is 41.4 Å². The van der Waals surface area contributed by atoms with Crippen LogP contribution in [-0.4, -0.2) is 36.6 Å². The normalized spacial score (nSPS) is 14.7. The Hall–Kier alpha value is -3.67. The topological polar surface area (TPSA) is 70.5 Å². The van der Waals surface area contributed by atoms with Gasteiger partial charge in [-0.2, -0.15) is 0 Å². The monoisotopic (exact) mass is 388 g/mol. The first kappa shape index (κ1) is 18.7. The number of benzene rings is 2. The van der Waals surface area contributed by atoms with Crippen LogP contribution in [0.3, 0.4) is 0 Å². The van der Waals surface area contributed by atoms with Gasteiger partial charge in [0, 0.05) is 42.1 Å². The van der Waals surface area contributed by atoms with Crippen molar-refractivity contribution in [2.45, 2.75) is 6.42 Å². The predicted molar refractivity (Wildman–Crippen MR) is 109 cm³/mol. The molecular formula is C23H20N2O4. The minimum absolute atomic E-state index is 0.0995. The molecule has 146 valence electrons. The summed E-state index contributed by atoms with van der Waals surface area (Å²) in [6.45, 7) is 0.403. The number of aromatic nitrogens is 2. The van der Waals surface area contributed by atoms with Crippen molar-refractivity contribution in [2.24, 2.45) is 0 Å². The van der Waals surface area contributed by atoms with Gasteiger partial charge in [-0.15, -0.1) is 0 Å². The number of Topliss-reactive ketones (excluding diaryl/α,β-unsaturated/α-hetero) is 1. The first-order valence-electron chi connectivity index (χ1n) is 9.19. The van der Waals surface area contributed by atoms with Gasteiger partial charge in [0.1, 0.15) is 29.1 Å². The van der Waals surface area contributed by atoms with Gasteiger partial charge in [-0.25, -0.2) is 9.97 Å². The van der Waals surface area contributed by atoms with E-state index in [-0.39, 0.29) is 5.78 Å². The molecule has 2 aromatic carbocycles. The van der Waals surface area contributed by atoms with E-state index >= 15 is 0 Å². The van der Waals surface area contributed by atoms with Crippen molar-refractivity contribution < 1.29 is 19.0 Å². The molecule has 0 fully saturated rings. The summed E-state index contributed by atoms with van der Waals surface area (Å²) in [4.78, 5) is 21.3. The Kier molecular flexibility index (Phi) is 5.24.